The number of carbonyl (C=O) groups is 1. The van der Waals surface area contributed by atoms with Crippen molar-refractivity contribution in [3.63, 3.8) is 0 Å². The molecule has 0 unspecified atom stereocenters. The van der Waals surface area contributed by atoms with Crippen molar-refractivity contribution >= 4 is 34.3 Å². The molecule has 0 atom stereocenters. The van der Waals surface area contributed by atoms with Crippen LogP contribution in [0.25, 0.3) is 11.0 Å². The van der Waals surface area contributed by atoms with Crippen LogP contribution in [0.5, 0.6) is 5.75 Å². The van der Waals surface area contributed by atoms with E-state index in [0.717, 1.165) is 16.7 Å². The van der Waals surface area contributed by atoms with Crippen LogP contribution in [0.3, 0.4) is 0 Å². The first-order chi connectivity index (χ1) is 13.2. The summed E-state index contributed by atoms with van der Waals surface area (Å²) in [4.78, 5) is 20.1. The third-order valence-electron chi connectivity index (χ3n) is 4.12. The van der Waals surface area contributed by atoms with Gasteiger partial charge < -0.3 is 20.4 Å². The minimum atomic E-state index is -0.182. The Labute approximate surface area is 156 Å². The fourth-order valence-corrected chi connectivity index (χ4v) is 2.77. The van der Waals surface area contributed by atoms with Crippen LogP contribution < -0.4 is 15.4 Å². The summed E-state index contributed by atoms with van der Waals surface area (Å²) in [6.07, 6.45) is 0. The first-order valence-corrected chi connectivity index (χ1v) is 8.48. The topological polar surface area (TPSA) is 79.0 Å². The summed E-state index contributed by atoms with van der Waals surface area (Å²) < 4.78 is 5.11. The van der Waals surface area contributed by atoms with Gasteiger partial charge in [-0.3, -0.25) is 4.79 Å². The predicted octanol–water partition coefficient (Wildman–Crippen LogP) is 4.57. The number of rotatable bonds is 5. The third-order valence-corrected chi connectivity index (χ3v) is 4.12. The maximum absolute atomic E-state index is 12.4. The molecular formula is C21H18N4O2. The SMILES string of the molecule is COc1ccc(C(=O)Nc2cccc(Nc3nc4ccccc4[nH]3)c2)cc1. The molecule has 6 heteroatoms. The van der Waals surface area contributed by atoms with Gasteiger partial charge in [-0.25, -0.2) is 4.98 Å². The highest BCUT2D eigenvalue weighted by Gasteiger charge is 2.07. The Morgan fingerprint density at radius 2 is 1.74 bits per heavy atom. The summed E-state index contributed by atoms with van der Waals surface area (Å²) in [7, 11) is 1.59. The molecule has 0 radical (unpaired) electrons. The molecule has 0 bridgehead atoms. The number of carbonyl (C=O) groups excluding carboxylic acids is 1. The fourth-order valence-electron chi connectivity index (χ4n) is 2.77. The van der Waals surface area contributed by atoms with Gasteiger partial charge in [0.15, 0.2) is 0 Å². The van der Waals surface area contributed by atoms with E-state index in [1.807, 2.05) is 48.5 Å². The average molecular weight is 358 g/mol. The van der Waals surface area contributed by atoms with Gasteiger partial charge in [0.05, 0.1) is 18.1 Å². The zero-order chi connectivity index (χ0) is 18.6. The number of hydrogen-bond acceptors (Lipinski definition) is 4. The molecule has 1 heterocycles. The Morgan fingerprint density at radius 3 is 2.52 bits per heavy atom. The number of para-hydroxylation sites is 2. The van der Waals surface area contributed by atoms with Gasteiger partial charge in [0.25, 0.3) is 5.91 Å². The van der Waals surface area contributed by atoms with Gasteiger partial charge in [0.1, 0.15) is 5.75 Å². The van der Waals surface area contributed by atoms with Crippen LogP contribution in [0.1, 0.15) is 10.4 Å². The summed E-state index contributed by atoms with van der Waals surface area (Å²) in [6, 6.07) is 22.3. The Kier molecular flexibility index (Phi) is 4.45. The molecule has 0 aliphatic rings. The van der Waals surface area contributed by atoms with Crippen LogP contribution in [0.15, 0.2) is 72.8 Å². The second kappa shape index (κ2) is 7.21. The van der Waals surface area contributed by atoms with E-state index < -0.39 is 0 Å². The summed E-state index contributed by atoms with van der Waals surface area (Å²) in [5.74, 6) is 1.18. The van der Waals surface area contributed by atoms with Crippen molar-refractivity contribution in [2.24, 2.45) is 0 Å². The van der Waals surface area contributed by atoms with E-state index in [1.165, 1.54) is 0 Å². The van der Waals surface area contributed by atoms with Crippen LogP contribution in [0.4, 0.5) is 17.3 Å². The first-order valence-electron chi connectivity index (χ1n) is 8.48. The summed E-state index contributed by atoms with van der Waals surface area (Å²) in [6.45, 7) is 0. The summed E-state index contributed by atoms with van der Waals surface area (Å²) >= 11 is 0. The first kappa shape index (κ1) is 16.7. The number of aromatic amines is 1. The monoisotopic (exact) mass is 358 g/mol. The second-order valence-electron chi connectivity index (χ2n) is 5.99. The predicted molar refractivity (Wildman–Crippen MR) is 107 cm³/mol. The maximum Gasteiger partial charge on any atom is 0.255 e. The molecule has 1 aromatic heterocycles. The maximum atomic E-state index is 12.4. The number of fused-ring (bicyclic) bond motifs is 1. The average Bonchev–Trinajstić information content (AvgIpc) is 3.10. The summed E-state index contributed by atoms with van der Waals surface area (Å²) in [5, 5.41) is 6.13. The quantitative estimate of drug-likeness (QED) is 0.488. The molecule has 27 heavy (non-hydrogen) atoms. The number of imidazole rings is 1. The van der Waals surface area contributed by atoms with Gasteiger partial charge in [0.2, 0.25) is 5.95 Å². The number of methoxy groups -OCH3 is 1. The number of anilines is 3. The largest absolute Gasteiger partial charge is 0.497 e. The minimum Gasteiger partial charge on any atom is -0.497 e. The van der Waals surface area contributed by atoms with Crippen LogP contribution in [-0.2, 0) is 0 Å². The highest BCUT2D eigenvalue weighted by Crippen LogP contribution is 2.21. The van der Waals surface area contributed by atoms with Crippen LogP contribution in [0.2, 0.25) is 0 Å². The van der Waals surface area contributed by atoms with Crippen molar-refractivity contribution in [3.05, 3.63) is 78.4 Å². The normalized spacial score (nSPS) is 10.6. The molecular weight excluding hydrogens is 340 g/mol. The Bertz CT molecular complexity index is 1050. The smallest absolute Gasteiger partial charge is 0.255 e. The van der Waals surface area contributed by atoms with Crippen molar-refractivity contribution < 1.29 is 9.53 Å². The molecule has 0 spiro atoms. The molecule has 0 fully saturated rings. The van der Waals surface area contributed by atoms with E-state index in [-0.39, 0.29) is 5.91 Å². The molecule has 0 aliphatic heterocycles. The van der Waals surface area contributed by atoms with E-state index in [0.29, 0.717) is 22.9 Å². The number of ether oxygens (including phenoxy) is 1. The molecule has 0 saturated heterocycles. The zero-order valence-corrected chi connectivity index (χ0v) is 14.7. The standard InChI is InChI=1S/C21H18N4O2/c1-27-17-11-9-14(10-12-17)20(26)22-15-5-4-6-16(13-15)23-21-24-18-7-2-3-8-19(18)25-21/h2-13H,1H3,(H,22,26)(H2,23,24,25). The highest BCUT2D eigenvalue weighted by atomic mass is 16.5. The van der Waals surface area contributed by atoms with Gasteiger partial charge in [-0.2, -0.15) is 0 Å². The fraction of sp³-hybridized carbons (Fsp3) is 0.0476. The van der Waals surface area contributed by atoms with Crippen molar-refractivity contribution in [2.45, 2.75) is 0 Å². The highest BCUT2D eigenvalue weighted by molar-refractivity contribution is 6.04. The van der Waals surface area contributed by atoms with Crippen LogP contribution >= 0.6 is 0 Å². The van der Waals surface area contributed by atoms with Crippen molar-refractivity contribution in [1.29, 1.82) is 0 Å². The second-order valence-corrected chi connectivity index (χ2v) is 5.99. The van der Waals surface area contributed by atoms with E-state index in [4.69, 9.17) is 4.74 Å². The molecule has 134 valence electrons. The van der Waals surface area contributed by atoms with Crippen LogP contribution in [0, 0.1) is 0 Å². The lowest BCUT2D eigenvalue weighted by Crippen LogP contribution is -2.11. The lowest BCUT2D eigenvalue weighted by Gasteiger charge is -2.08. The number of H-pyrrole nitrogens is 1. The molecule has 0 saturated carbocycles. The number of aromatic nitrogens is 2. The lowest BCUT2D eigenvalue weighted by molar-refractivity contribution is 0.102. The Hall–Kier alpha value is -3.80. The van der Waals surface area contributed by atoms with E-state index in [2.05, 4.69) is 20.6 Å². The van der Waals surface area contributed by atoms with Crippen LogP contribution in [-0.4, -0.2) is 23.0 Å². The Balaban J connectivity index is 1.48. The van der Waals surface area contributed by atoms with Crippen molar-refractivity contribution in [2.75, 3.05) is 17.7 Å². The van der Waals surface area contributed by atoms with Gasteiger partial charge >= 0.3 is 0 Å². The van der Waals surface area contributed by atoms with Gasteiger partial charge in [-0.15, -0.1) is 0 Å². The lowest BCUT2D eigenvalue weighted by atomic mass is 10.2. The van der Waals surface area contributed by atoms with Gasteiger partial charge in [-0.1, -0.05) is 18.2 Å². The number of nitrogens with zero attached hydrogens (tertiary/aromatic N) is 1. The van der Waals surface area contributed by atoms with Gasteiger partial charge in [-0.05, 0) is 54.6 Å². The number of nitrogens with one attached hydrogen (secondary N) is 3. The Morgan fingerprint density at radius 1 is 0.963 bits per heavy atom. The summed E-state index contributed by atoms with van der Waals surface area (Å²) in [5.41, 5.74) is 3.93. The van der Waals surface area contributed by atoms with Crippen molar-refractivity contribution in [3.8, 4) is 5.75 Å². The van der Waals surface area contributed by atoms with Crippen molar-refractivity contribution in [1.82, 2.24) is 9.97 Å². The molecule has 4 aromatic rings. The molecule has 6 nitrogen and oxygen atoms in total. The molecule has 3 N–H and O–H groups in total. The van der Waals surface area contributed by atoms with E-state index in [1.54, 1.807) is 31.4 Å². The molecule has 1 amide bonds. The molecule has 3 aromatic carbocycles. The third kappa shape index (κ3) is 3.74. The minimum absolute atomic E-state index is 0.182. The number of amides is 1. The van der Waals surface area contributed by atoms with E-state index >= 15 is 0 Å². The number of hydrogen-bond donors (Lipinski definition) is 3. The van der Waals surface area contributed by atoms with Gasteiger partial charge in [0, 0.05) is 16.9 Å². The van der Waals surface area contributed by atoms with E-state index in [9.17, 15) is 4.79 Å². The molecule has 0 aliphatic carbocycles. The molecule has 4 rings (SSSR count). The number of benzene rings is 3. The zero-order valence-electron chi connectivity index (χ0n) is 14.7.